The van der Waals surface area contributed by atoms with Gasteiger partial charge in [0.15, 0.2) is 0 Å². The van der Waals surface area contributed by atoms with Crippen LogP contribution >= 0.6 is 15.9 Å². The van der Waals surface area contributed by atoms with E-state index in [0.29, 0.717) is 0 Å². The van der Waals surface area contributed by atoms with Crippen LogP contribution in [0.1, 0.15) is 24.5 Å². The molecule has 2 heteroatoms. The Morgan fingerprint density at radius 2 is 2.31 bits per heavy atom. The molecule has 2 rings (SSSR count). The molecule has 1 N–H and O–H groups in total. The molecule has 0 aliphatic carbocycles. The average molecular weight is 280 g/mol. The first-order valence-electron chi connectivity index (χ1n) is 5.81. The van der Waals surface area contributed by atoms with Crippen LogP contribution in [-0.4, -0.2) is 13.1 Å². The molecule has 1 aliphatic heterocycles. The normalized spacial score (nSPS) is 20.0. The molecule has 1 fully saturated rings. The van der Waals surface area contributed by atoms with Crippen molar-refractivity contribution in [3.8, 4) is 0 Å². The van der Waals surface area contributed by atoms with Crippen molar-refractivity contribution in [2.45, 2.75) is 19.8 Å². The minimum atomic E-state index is 0.798. The summed E-state index contributed by atoms with van der Waals surface area (Å²) in [5.41, 5.74) is 3.79. The second-order valence-corrected chi connectivity index (χ2v) is 5.61. The fourth-order valence-electron chi connectivity index (χ4n) is 2.24. The Morgan fingerprint density at radius 1 is 1.50 bits per heavy atom. The molecule has 0 aromatic heterocycles. The van der Waals surface area contributed by atoms with E-state index in [-0.39, 0.29) is 0 Å². The fraction of sp³-hybridized carbons (Fsp3) is 0.429. The third kappa shape index (κ3) is 2.96. The first-order valence-corrected chi connectivity index (χ1v) is 6.60. The van der Waals surface area contributed by atoms with Crippen molar-refractivity contribution in [3.05, 3.63) is 40.4 Å². The van der Waals surface area contributed by atoms with Crippen molar-refractivity contribution in [2.75, 3.05) is 13.1 Å². The van der Waals surface area contributed by atoms with Gasteiger partial charge in [-0.05, 0) is 62.0 Å². The summed E-state index contributed by atoms with van der Waals surface area (Å²) in [5.74, 6) is 0.798. The lowest BCUT2D eigenvalue weighted by Crippen LogP contribution is -2.10. The van der Waals surface area contributed by atoms with Crippen molar-refractivity contribution < 1.29 is 0 Å². The quantitative estimate of drug-likeness (QED) is 0.891. The number of nitrogens with one attached hydrogen (secondary N) is 1. The maximum absolute atomic E-state index is 4.01. The van der Waals surface area contributed by atoms with E-state index in [1.807, 2.05) is 0 Å². The van der Waals surface area contributed by atoms with Gasteiger partial charge in [0.2, 0.25) is 0 Å². The predicted octanol–water partition coefficient (Wildman–Crippen LogP) is 3.63. The first kappa shape index (κ1) is 11.9. The van der Waals surface area contributed by atoms with Crippen LogP contribution in [0.25, 0.3) is 5.57 Å². The number of hydrogen-bond acceptors (Lipinski definition) is 1. The van der Waals surface area contributed by atoms with E-state index in [1.54, 1.807) is 0 Å². The maximum Gasteiger partial charge on any atom is 0.0184 e. The Balaban J connectivity index is 2.16. The predicted molar refractivity (Wildman–Crippen MR) is 73.5 cm³/mol. The van der Waals surface area contributed by atoms with Crippen molar-refractivity contribution in [2.24, 2.45) is 5.92 Å². The van der Waals surface area contributed by atoms with Gasteiger partial charge in [-0.3, -0.25) is 0 Å². The summed E-state index contributed by atoms with van der Waals surface area (Å²) >= 11 is 3.57. The lowest BCUT2D eigenvalue weighted by molar-refractivity contribution is 0.580. The third-order valence-corrected chi connectivity index (χ3v) is 3.59. The van der Waals surface area contributed by atoms with Crippen LogP contribution in [0.5, 0.6) is 0 Å². The second-order valence-electron chi connectivity index (χ2n) is 4.69. The first-order chi connectivity index (χ1) is 7.65. The summed E-state index contributed by atoms with van der Waals surface area (Å²) in [7, 11) is 0. The monoisotopic (exact) mass is 279 g/mol. The van der Waals surface area contributed by atoms with E-state index in [1.165, 1.54) is 30.5 Å². The van der Waals surface area contributed by atoms with Crippen LogP contribution in [-0.2, 0) is 6.42 Å². The zero-order valence-corrected chi connectivity index (χ0v) is 11.3. The molecular weight excluding hydrogens is 262 g/mol. The summed E-state index contributed by atoms with van der Waals surface area (Å²) in [5, 5.41) is 3.42. The Hall–Kier alpha value is -0.600. The molecule has 86 valence electrons. The summed E-state index contributed by atoms with van der Waals surface area (Å²) in [4.78, 5) is 0. The highest BCUT2D eigenvalue weighted by atomic mass is 79.9. The Kier molecular flexibility index (Phi) is 3.82. The Labute approximate surface area is 106 Å². The molecule has 1 nitrogen and oxygen atoms in total. The van der Waals surface area contributed by atoms with Gasteiger partial charge in [0.05, 0.1) is 0 Å². The third-order valence-electron chi connectivity index (χ3n) is 3.14. The Morgan fingerprint density at radius 3 is 2.94 bits per heavy atom. The highest BCUT2D eigenvalue weighted by Crippen LogP contribution is 2.23. The van der Waals surface area contributed by atoms with Crippen molar-refractivity contribution in [1.29, 1.82) is 0 Å². The SMILES string of the molecule is C=C(C)c1cc(Br)cc(CC2CCNC2)c1. The van der Waals surface area contributed by atoms with Gasteiger partial charge < -0.3 is 5.32 Å². The molecule has 0 bridgehead atoms. The molecule has 1 heterocycles. The molecule has 1 aromatic rings. The van der Waals surface area contributed by atoms with Crippen LogP contribution < -0.4 is 5.32 Å². The molecule has 1 unspecified atom stereocenters. The molecule has 1 aromatic carbocycles. The van der Waals surface area contributed by atoms with Crippen LogP contribution in [0.4, 0.5) is 0 Å². The van der Waals surface area contributed by atoms with Gasteiger partial charge >= 0.3 is 0 Å². The minimum absolute atomic E-state index is 0.798. The second kappa shape index (κ2) is 5.15. The lowest BCUT2D eigenvalue weighted by atomic mass is 9.96. The van der Waals surface area contributed by atoms with Crippen LogP contribution in [0.2, 0.25) is 0 Å². The van der Waals surface area contributed by atoms with Gasteiger partial charge in [0, 0.05) is 4.47 Å². The topological polar surface area (TPSA) is 12.0 Å². The summed E-state index contributed by atoms with van der Waals surface area (Å²) in [6, 6.07) is 6.63. The van der Waals surface area contributed by atoms with E-state index in [9.17, 15) is 0 Å². The highest BCUT2D eigenvalue weighted by Gasteiger charge is 2.15. The summed E-state index contributed by atoms with van der Waals surface area (Å²) in [6.07, 6.45) is 2.47. The molecule has 16 heavy (non-hydrogen) atoms. The van der Waals surface area contributed by atoms with Gasteiger partial charge in [0.25, 0.3) is 0 Å². The number of hydrogen-bond donors (Lipinski definition) is 1. The summed E-state index contributed by atoms with van der Waals surface area (Å²) in [6.45, 7) is 8.40. The molecule has 1 saturated heterocycles. The highest BCUT2D eigenvalue weighted by molar-refractivity contribution is 9.10. The molecule has 1 aliphatic rings. The van der Waals surface area contributed by atoms with Gasteiger partial charge in [-0.2, -0.15) is 0 Å². The van der Waals surface area contributed by atoms with Crippen molar-refractivity contribution in [1.82, 2.24) is 5.32 Å². The fourth-order valence-corrected chi connectivity index (χ4v) is 2.78. The zero-order chi connectivity index (χ0) is 11.5. The number of halogens is 1. The molecule has 0 amide bonds. The Bertz CT molecular complexity index is 392. The zero-order valence-electron chi connectivity index (χ0n) is 9.72. The lowest BCUT2D eigenvalue weighted by Gasteiger charge is -2.10. The molecule has 0 saturated carbocycles. The van der Waals surface area contributed by atoms with Gasteiger partial charge in [-0.25, -0.2) is 0 Å². The van der Waals surface area contributed by atoms with E-state index in [0.717, 1.165) is 22.5 Å². The van der Waals surface area contributed by atoms with Crippen molar-refractivity contribution in [3.63, 3.8) is 0 Å². The van der Waals surface area contributed by atoms with E-state index in [2.05, 4.69) is 52.9 Å². The standard InChI is InChI=1S/C14H18BrN/c1-10(2)13-6-12(7-14(15)8-13)5-11-3-4-16-9-11/h6-8,11,16H,1,3-5,9H2,2H3. The maximum atomic E-state index is 4.01. The number of rotatable bonds is 3. The van der Waals surface area contributed by atoms with Gasteiger partial charge in [0.1, 0.15) is 0 Å². The molecular formula is C14H18BrN. The van der Waals surface area contributed by atoms with E-state index >= 15 is 0 Å². The molecule has 0 radical (unpaired) electrons. The van der Waals surface area contributed by atoms with Gasteiger partial charge in [-0.15, -0.1) is 0 Å². The molecule has 1 atom stereocenters. The van der Waals surface area contributed by atoms with E-state index in [4.69, 9.17) is 0 Å². The van der Waals surface area contributed by atoms with Crippen LogP contribution in [0.3, 0.4) is 0 Å². The molecule has 0 spiro atoms. The number of allylic oxidation sites excluding steroid dienone is 1. The van der Waals surface area contributed by atoms with Gasteiger partial charge in [-0.1, -0.05) is 34.1 Å². The van der Waals surface area contributed by atoms with Crippen LogP contribution in [0, 0.1) is 5.92 Å². The number of benzene rings is 1. The smallest absolute Gasteiger partial charge is 0.0184 e. The van der Waals surface area contributed by atoms with Crippen LogP contribution in [0.15, 0.2) is 29.3 Å². The average Bonchev–Trinajstić information content (AvgIpc) is 2.69. The largest absolute Gasteiger partial charge is 0.316 e. The van der Waals surface area contributed by atoms with E-state index < -0.39 is 0 Å². The van der Waals surface area contributed by atoms with Crippen molar-refractivity contribution >= 4 is 21.5 Å². The summed E-state index contributed by atoms with van der Waals surface area (Å²) < 4.78 is 1.16. The minimum Gasteiger partial charge on any atom is -0.316 e.